The van der Waals surface area contributed by atoms with Crippen LogP contribution in [-0.2, 0) is 11.2 Å². The van der Waals surface area contributed by atoms with Gasteiger partial charge in [-0.25, -0.2) is 4.98 Å². The molecule has 2 heterocycles. The summed E-state index contributed by atoms with van der Waals surface area (Å²) in [6, 6.07) is 13.9. The molecular weight excluding hydrogens is 426 g/mol. The zero-order valence-corrected chi connectivity index (χ0v) is 18.9. The molecule has 156 valence electrons. The molecule has 3 N–H and O–H groups in total. The number of pyridine rings is 1. The summed E-state index contributed by atoms with van der Waals surface area (Å²) in [6.45, 7) is 4.02. The maximum atomic E-state index is 12.5. The van der Waals surface area contributed by atoms with E-state index < -0.39 is 0 Å². The molecule has 0 unspecified atom stereocenters. The van der Waals surface area contributed by atoms with Crippen LogP contribution in [0.4, 0.5) is 11.5 Å². The van der Waals surface area contributed by atoms with Crippen molar-refractivity contribution in [3.8, 4) is 22.6 Å². The van der Waals surface area contributed by atoms with Gasteiger partial charge < -0.3 is 11.1 Å². The zero-order chi connectivity index (χ0) is 22.4. The fourth-order valence-electron chi connectivity index (χ4n) is 3.21. The highest BCUT2D eigenvalue weighted by molar-refractivity contribution is 7.99. The first kappa shape index (κ1) is 22.4. The number of nitriles is 2. The second kappa shape index (κ2) is 10.1. The monoisotopic (exact) mass is 447 g/mol. The Balaban J connectivity index is 1.78. The summed E-state index contributed by atoms with van der Waals surface area (Å²) < 4.78 is 0. The molecule has 0 bridgehead atoms. The van der Waals surface area contributed by atoms with Crippen LogP contribution in [0, 0.1) is 29.6 Å². The largest absolute Gasteiger partial charge is 0.383 e. The summed E-state index contributed by atoms with van der Waals surface area (Å²) in [6.07, 6.45) is 1.08. The number of thioether (sulfide) groups is 1. The third-order valence-electron chi connectivity index (χ3n) is 4.76. The Labute approximate surface area is 189 Å². The molecule has 2 aromatic heterocycles. The Morgan fingerprint density at radius 3 is 2.65 bits per heavy atom. The van der Waals surface area contributed by atoms with E-state index >= 15 is 0 Å². The topological polar surface area (TPSA) is 116 Å². The number of hydrogen-bond acceptors (Lipinski definition) is 7. The maximum Gasteiger partial charge on any atom is 0.225 e. The number of nitrogens with two attached hydrogens (primary N) is 1. The third-order valence-corrected chi connectivity index (χ3v) is 6.62. The summed E-state index contributed by atoms with van der Waals surface area (Å²) in [5.41, 5.74) is 10.0. The van der Waals surface area contributed by atoms with Gasteiger partial charge in [0.1, 0.15) is 28.5 Å². The number of carbonyl (C=O) groups excluding carboxylic acids is 1. The van der Waals surface area contributed by atoms with Crippen LogP contribution in [0.1, 0.15) is 35.6 Å². The van der Waals surface area contributed by atoms with Crippen LogP contribution in [0.3, 0.4) is 0 Å². The number of para-hydroxylation sites is 1. The van der Waals surface area contributed by atoms with E-state index in [1.54, 1.807) is 0 Å². The number of nitrogens with one attached hydrogen (secondary N) is 1. The molecule has 8 heteroatoms. The van der Waals surface area contributed by atoms with Crippen molar-refractivity contribution in [2.75, 3.05) is 16.8 Å². The molecule has 0 aliphatic carbocycles. The number of hydrogen-bond donors (Lipinski definition) is 2. The second-order valence-corrected chi connectivity index (χ2v) is 8.77. The van der Waals surface area contributed by atoms with Crippen molar-refractivity contribution in [1.29, 1.82) is 10.5 Å². The van der Waals surface area contributed by atoms with Crippen LogP contribution in [0.15, 0.2) is 40.7 Å². The van der Waals surface area contributed by atoms with Gasteiger partial charge >= 0.3 is 0 Å². The minimum absolute atomic E-state index is 0.0874. The van der Waals surface area contributed by atoms with Crippen LogP contribution in [-0.4, -0.2) is 16.6 Å². The molecule has 0 fully saturated rings. The lowest BCUT2D eigenvalue weighted by atomic mass is 10.0. The maximum absolute atomic E-state index is 12.5. The molecule has 3 rings (SSSR count). The molecule has 1 amide bonds. The molecule has 0 atom stereocenters. The van der Waals surface area contributed by atoms with Gasteiger partial charge in [0.05, 0.1) is 5.56 Å². The van der Waals surface area contributed by atoms with Crippen LogP contribution in [0.2, 0.25) is 0 Å². The number of carbonyl (C=O) groups is 1. The smallest absolute Gasteiger partial charge is 0.225 e. The molecule has 6 nitrogen and oxygen atoms in total. The minimum Gasteiger partial charge on any atom is -0.383 e. The molecule has 0 spiro atoms. The van der Waals surface area contributed by atoms with E-state index in [9.17, 15) is 15.3 Å². The van der Waals surface area contributed by atoms with Crippen LogP contribution < -0.4 is 11.1 Å². The number of rotatable bonds is 7. The van der Waals surface area contributed by atoms with Crippen molar-refractivity contribution in [1.82, 2.24) is 4.98 Å². The quantitative estimate of drug-likeness (QED) is 0.485. The Morgan fingerprint density at radius 2 is 2.00 bits per heavy atom. The highest BCUT2D eigenvalue weighted by Crippen LogP contribution is 2.37. The average Bonchev–Trinajstić information content (AvgIpc) is 3.29. The summed E-state index contributed by atoms with van der Waals surface area (Å²) in [5.74, 6) is 0.412. The van der Waals surface area contributed by atoms with Gasteiger partial charge in [0.25, 0.3) is 0 Å². The van der Waals surface area contributed by atoms with E-state index in [1.165, 1.54) is 23.1 Å². The van der Waals surface area contributed by atoms with E-state index in [4.69, 9.17) is 5.73 Å². The second-order valence-electron chi connectivity index (χ2n) is 6.74. The zero-order valence-electron chi connectivity index (χ0n) is 17.2. The highest BCUT2D eigenvalue weighted by Gasteiger charge is 2.21. The van der Waals surface area contributed by atoms with Crippen molar-refractivity contribution < 1.29 is 4.79 Å². The van der Waals surface area contributed by atoms with Gasteiger partial charge in [0, 0.05) is 28.3 Å². The number of aromatic nitrogens is 1. The fraction of sp³-hybridized carbons (Fsp3) is 0.217. The summed E-state index contributed by atoms with van der Waals surface area (Å²) in [7, 11) is 0. The van der Waals surface area contributed by atoms with E-state index in [0.29, 0.717) is 21.9 Å². The number of amides is 1. The van der Waals surface area contributed by atoms with Crippen molar-refractivity contribution in [3.05, 3.63) is 58.0 Å². The van der Waals surface area contributed by atoms with Gasteiger partial charge in [-0.15, -0.1) is 23.1 Å². The molecule has 3 aromatic rings. The van der Waals surface area contributed by atoms with E-state index in [1.807, 2.05) is 42.6 Å². The Kier molecular flexibility index (Phi) is 7.30. The molecule has 0 saturated heterocycles. The first-order valence-electron chi connectivity index (χ1n) is 9.68. The van der Waals surface area contributed by atoms with E-state index in [0.717, 1.165) is 28.1 Å². The van der Waals surface area contributed by atoms with Gasteiger partial charge in [0.2, 0.25) is 5.91 Å². The normalized spacial score (nSPS) is 10.3. The highest BCUT2D eigenvalue weighted by atomic mass is 32.2. The van der Waals surface area contributed by atoms with Crippen molar-refractivity contribution in [2.45, 2.75) is 31.7 Å². The van der Waals surface area contributed by atoms with Crippen LogP contribution in [0.5, 0.6) is 0 Å². The Morgan fingerprint density at radius 1 is 1.23 bits per heavy atom. The Hall–Kier alpha value is -3.33. The molecule has 0 aliphatic rings. The van der Waals surface area contributed by atoms with Gasteiger partial charge in [-0.1, -0.05) is 31.2 Å². The lowest BCUT2D eigenvalue weighted by molar-refractivity contribution is -0.115. The first-order chi connectivity index (χ1) is 15.0. The lowest BCUT2D eigenvalue weighted by Crippen LogP contribution is -2.14. The molecule has 0 radical (unpaired) electrons. The Bertz CT molecular complexity index is 1190. The first-order valence-corrected chi connectivity index (χ1v) is 11.5. The van der Waals surface area contributed by atoms with E-state index in [2.05, 4.69) is 29.4 Å². The number of nitrogens with zero attached hydrogens (tertiary/aromatic N) is 3. The van der Waals surface area contributed by atoms with Gasteiger partial charge in [-0.05, 0) is 35.9 Å². The van der Waals surface area contributed by atoms with Crippen LogP contribution in [0.25, 0.3) is 10.4 Å². The molecule has 31 heavy (non-hydrogen) atoms. The molecule has 1 aromatic carbocycles. The molecule has 0 saturated carbocycles. The molecular formula is C23H21N5OS2. The average molecular weight is 448 g/mol. The van der Waals surface area contributed by atoms with Gasteiger partial charge in [-0.3, -0.25) is 4.79 Å². The van der Waals surface area contributed by atoms with Crippen LogP contribution >= 0.6 is 23.1 Å². The predicted molar refractivity (Wildman–Crippen MR) is 126 cm³/mol. The number of anilines is 2. The third kappa shape index (κ3) is 4.88. The van der Waals surface area contributed by atoms with Gasteiger partial charge in [-0.2, -0.15) is 10.5 Å². The number of nitrogen functional groups attached to an aromatic ring is 1. The minimum atomic E-state index is -0.102. The van der Waals surface area contributed by atoms with Crippen molar-refractivity contribution in [3.63, 3.8) is 0 Å². The van der Waals surface area contributed by atoms with Gasteiger partial charge in [0.15, 0.2) is 0 Å². The van der Waals surface area contributed by atoms with Crippen molar-refractivity contribution >= 4 is 40.5 Å². The fourth-order valence-corrected chi connectivity index (χ4v) is 4.93. The summed E-state index contributed by atoms with van der Waals surface area (Å²) in [5, 5.41) is 24.6. The standard InChI is InChI=1S/C23H21N5OS2/c1-3-15-7-4-6-14(2)21(15)27-19(29)9-11-31-23-17(13-25)20(18-8-5-10-30-18)16(12-24)22(26)28-23/h4-8,10H,3,9,11H2,1-2H3,(H2,26,28)(H,27,29). The number of aryl methyl sites for hydroxylation is 2. The van der Waals surface area contributed by atoms with Crippen molar-refractivity contribution in [2.24, 2.45) is 0 Å². The predicted octanol–water partition coefficient (Wildman–Crippen LogP) is 5.13. The number of thiophene rings is 1. The summed E-state index contributed by atoms with van der Waals surface area (Å²) >= 11 is 2.72. The SMILES string of the molecule is CCc1cccc(C)c1NC(=O)CCSc1nc(N)c(C#N)c(-c2cccs2)c1C#N. The summed E-state index contributed by atoms with van der Waals surface area (Å²) in [4.78, 5) is 17.6. The lowest BCUT2D eigenvalue weighted by Gasteiger charge is -2.13. The molecule has 0 aliphatic heterocycles. The number of benzene rings is 1. The van der Waals surface area contributed by atoms with E-state index in [-0.39, 0.29) is 23.7 Å².